The van der Waals surface area contributed by atoms with Crippen LogP contribution in [-0.2, 0) is 0 Å². The van der Waals surface area contributed by atoms with Crippen LogP contribution in [0.3, 0.4) is 0 Å². The molecule has 2 nitrogen and oxygen atoms in total. The van der Waals surface area contributed by atoms with Crippen LogP contribution in [0.25, 0.3) is 0 Å². The summed E-state index contributed by atoms with van der Waals surface area (Å²) in [6, 6.07) is 0.668. The molecular formula is C11H23NO. The van der Waals surface area contributed by atoms with E-state index in [0.717, 1.165) is 31.7 Å². The molecule has 0 amide bonds. The fourth-order valence-corrected chi connectivity index (χ4v) is 1.98. The van der Waals surface area contributed by atoms with Crippen LogP contribution < -0.4 is 0 Å². The van der Waals surface area contributed by atoms with E-state index in [9.17, 15) is 5.11 Å². The standard InChI is InChI=1S/C11H23NO/c1-4-6-11(13)12(7-5-2)10-8-9(10)3/h9-11,13H,4-8H2,1-3H3. The summed E-state index contributed by atoms with van der Waals surface area (Å²) in [5.41, 5.74) is 0. The van der Waals surface area contributed by atoms with Gasteiger partial charge in [-0.25, -0.2) is 0 Å². The minimum Gasteiger partial charge on any atom is -0.378 e. The summed E-state index contributed by atoms with van der Waals surface area (Å²) in [5, 5.41) is 9.89. The van der Waals surface area contributed by atoms with Gasteiger partial charge < -0.3 is 5.11 Å². The van der Waals surface area contributed by atoms with Gasteiger partial charge in [-0.05, 0) is 25.2 Å². The largest absolute Gasteiger partial charge is 0.378 e. The van der Waals surface area contributed by atoms with Crippen molar-refractivity contribution in [3.8, 4) is 0 Å². The highest BCUT2D eigenvalue weighted by atomic mass is 16.3. The van der Waals surface area contributed by atoms with Gasteiger partial charge in [-0.15, -0.1) is 0 Å². The first-order chi connectivity index (χ1) is 6.20. The molecule has 0 spiro atoms. The minimum absolute atomic E-state index is 0.195. The summed E-state index contributed by atoms with van der Waals surface area (Å²) < 4.78 is 0. The van der Waals surface area contributed by atoms with Gasteiger partial charge in [-0.3, -0.25) is 4.90 Å². The molecule has 1 aliphatic carbocycles. The number of rotatable bonds is 6. The first-order valence-corrected chi connectivity index (χ1v) is 5.64. The zero-order chi connectivity index (χ0) is 9.84. The van der Waals surface area contributed by atoms with E-state index in [1.54, 1.807) is 0 Å². The first kappa shape index (κ1) is 11.0. The highest BCUT2D eigenvalue weighted by Gasteiger charge is 2.39. The van der Waals surface area contributed by atoms with Crippen molar-refractivity contribution >= 4 is 0 Å². The minimum atomic E-state index is -0.195. The Bertz CT molecular complexity index is 149. The highest BCUT2D eigenvalue weighted by Crippen LogP contribution is 2.36. The lowest BCUT2D eigenvalue weighted by molar-refractivity contribution is -0.0113. The quantitative estimate of drug-likeness (QED) is 0.641. The molecule has 0 aliphatic heterocycles. The van der Waals surface area contributed by atoms with Crippen LogP contribution in [0, 0.1) is 5.92 Å². The Morgan fingerprint density at radius 3 is 2.38 bits per heavy atom. The van der Waals surface area contributed by atoms with Crippen LogP contribution in [0.2, 0.25) is 0 Å². The molecule has 1 rings (SSSR count). The van der Waals surface area contributed by atoms with Gasteiger partial charge in [-0.2, -0.15) is 0 Å². The van der Waals surface area contributed by atoms with Gasteiger partial charge in [0.15, 0.2) is 0 Å². The Morgan fingerprint density at radius 1 is 1.38 bits per heavy atom. The Morgan fingerprint density at radius 2 is 2.00 bits per heavy atom. The van der Waals surface area contributed by atoms with Gasteiger partial charge in [0.25, 0.3) is 0 Å². The van der Waals surface area contributed by atoms with E-state index in [1.807, 2.05) is 0 Å². The average molecular weight is 185 g/mol. The fourth-order valence-electron chi connectivity index (χ4n) is 1.98. The molecule has 1 saturated carbocycles. The number of aliphatic hydroxyl groups excluding tert-OH is 1. The molecule has 0 radical (unpaired) electrons. The zero-order valence-corrected chi connectivity index (χ0v) is 9.16. The summed E-state index contributed by atoms with van der Waals surface area (Å²) in [4.78, 5) is 2.29. The van der Waals surface area contributed by atoms with E-state index in [4.69, 9.17) is 0 Å². The summed E-state index contributed by atoms with van der Waals surface area (Å²) in [5.74, 6) is 0.804. The third-order valence-corrected chi connectivity index (χ3v) is 2.90. The maximum atomic E-state index is 9.89. The van der Waals surface area contributed by atoms with Gasteiger partial charge in [0.05, 0.1) is 0 Å². The van der Waals surface area contributed by atoms with E-state index in [2.05, 4.69) is 25.7 Å². The third kappa shape index (κ3) is 2.96. The van der Waals surface area contributed by atoms with Crippen LogP contribution in [0.5, 0.6) is 0 Å². The van der Waals surface area contributed by atoms with E-state index >= 15 is 0 Å². The molecule has 0 aromatic carbocycles. The second-order valence-electron chi connectivity index (χ2n) is 4.29. The van der Waals surface area contributed by atoms with Crippen LogP contribution >= 0.6 is 0 Å². The van der Waals surface area contributed by atoms with Crippen LogP contribution in [0.4, 0.5) is 0 Å². The van der Waals surface area contributed by atoms with Gasteiger partial charge in [0.1, 0.15) is 6.23 Å². The Labute approximate surface area is 81.9 Å². The molecular weight excluding hydrogens is 162 g/mol. The lowest BCUT2D eigenvalue weighted by Crippen LogP contribution is -2.38. The average Bonchev–Trinajstić information content (AvgIpc) is 2.78. The van der Waals surface area contributed by atoms with Crippen LogP contribution in [0.15, 0.2) is 0 Å². The molecule has 0 saturated heterocycles. The number of aliphatic hydroxyl groups is 1. The predicted molar refractivity (Wildman–Crippen MR) is 55.5 cm³/mol. The van der Waals surface area contributed by atoms with Crippen molar-refractivity contribution in [1.82, 2.24) is 4.90 Å². The third-order valence-electron chi connectivity index (χ3n) is 2.90. The highest BCUT2D eigenvalue weighted by molar-refractivity contribution is 4.92. The molecule has 13 heavy (non-hydrogen) atoms. The van der Waals surface area contributed by atoms with Crippen molar-refractivity contribution < 1.29 is 5.11 Å². The normalized spacial score (nSPS) is 29.3. The maximum absolute atomic E-state index is 9.89. The smallest absolute Gasteiger partial charge is 0.107 e. The van der Waals surface area contributed by atoms with E-state index in [0.29, 0.717) is 6.04 Å². The van der Waals surface area contributed by atoms with E-state index in [1.165, 1.54) is 6.42 Å². The topological polar surface area (TPSA) is 23.5 Å². The van der Waals surface area contributed by atoms with Gasteiger partial charge in [0.2, 0.25) is 0 Å². The number of hydrogen-bond donors (Lipinski definition) is 1. The molecule has 0 heterocycles. The van der Waals surface area contributed by atoms with Crippen LogP contribution in [0.1, 0.15) is 46.5 Å². The van der Waals surface area contributed by atoms with Crippen molar-refractivity contribution in [2.24, 2.45) is 5.92 Å². The lowest BCUT2D eigenvalue weighted by Gasteiger charge is -2.27. The SMILES string of the molecule is CCCC(O)N(CCC)C1CC1C. The second kappa shape index (κ2) is 4.97. The van der Waals surface area contributed by atoms with Crippen LogP contribution in [-0.4, -0.2) is 28.8 Å². The first-order valence-electron chi connectivity index (χ1n) is 5.64. The maximum Gasteiger partial charge on any atom is 0.107 e. The lowest BCUT2D eigenvalue weighted by atomic mass is 10.2. The molecule has 1 fully saturated rings. The monoisotopic (exact) mass is 185 g/mol. The molecule has 0 aromatic rings. The summed E-state index contributed by atoms with van der Waals surface area (Å²) >= 11 is 0. The van der Waals surface area contributed by atoms with Crippen molar-refractivity contribution in [2.75, 3.05) is 6.54 Å². The zero-order valence-electron chi connectivity index (χ0n) is 9.16. The summed E-state index contributed by atoms with van der Waals surface area (Å²) in [6.07, 6.45) is 4.22. The molecule has 1 aliphatic rings. The molecule has 3 atom stereocenters. The fraction of sp³-hybridized carbons (Fsp3) is 1.00. The van der Waals surface area contributed by atoms with Crippen molar-refractivity contribution in [3.05, 3.63) is 0 Å². The van der Waals surface area contributed by atoms with Gasteiger partial charge >= 0.3 is 0 Å². The van der Waals surface area contributed by atoms with E-state index in [-0.39, 0.29) is 6.23 Å². The molecule has 78 valence electrons. The Hall–Kier alpha value is -0.0800. The molecule has 0 aromatic heterocycles. The predicted octanol–water partition coefficient (Wildman–Crippen LogP) is 2.23. The molecule has 0 bridgehead atoms. The molecule has 1 N–H and O–H groups in total. The van der Waals surface area contributed by atoms with Gasteiger partial charge in [-0.1, -0.05) is 27.2 Å². The van der Waals surface area contributed by atoms with Gasteiger partial charge in [0, 0.05) is 12.6 Å². The second-order valence-corrected chi connectivity index (χ2v) is 4.29. The van der Waals surface area contributed by atoms with Crippen molar-refractivity contribution in [1.29, 1.82) is 0 Å². The Kier molecular flexibility index (Phi) is 4.20. The van der Waals surface area contributed by atoms with E-state index < -0.39 is 0 Å². The number of hydrogen-bond acceptors (Lipinski definition) is 2. The molecule has 2 heteroatoms. The Balaban J connectivity index is 2.37. The number of nitrogens with zero attached hydrogens (tertiary/aromatic N) is 1. The van der Waals surface area contributed by atoms with Crippen molar-refractivity contribution in [3.63, 3.8) is 0 Å². The van der Waals surface area contributed by atoms with Crippen molar-refractivity contribution in [2.45, 2.75) is 58.7 Å². The molecule has 3 unspecified atom stereocenters. The summed E-state index contributed by atoms with van der Waals surface area (Å²) in [6.45, 7) is 7.63. The summed E-state index contributed by atoms with van der Waals surface area (Å²) in [7, 11) is 0.